The minimum atomic E-state index is -0.389. The Morgan fingerprint density at radius 3 is 2.94 bits per heavy atom. The maximum absolute atomic E-state index is 11.4. The number of ketones is 1. The zero-order chi connectivity index (χ0) is 12.3. The maximum Gasteiger partial charge on any atom is 0.169 e. The van der Waals surface area contributed by atoms with E-state index in [1.807, 2.05) is 20.0 Å². The Morgan fingerprint density at radius 1 is 1.53 bits per heavy atom. The molecule has 5 nitrogen and oxygen atoms in total. The van der Waals surface area contributed by atoms with Gasteiger partial charge in [-0.3, -0.25) is 9.48 Å². The molecule has 0 bridgehead atoms. The summed E-state index contributed by atoms with van der Waals surface area (Å²) in [6.07, 6.45) is 4.31. The molecule has 2 rings (SSSR count). The fourth-order valence-electron chi connectivity index (χ4n) is 1.77. The molecule has 1 aromatic rings. The van der Waals surface area contributed by atoms with Gasteiger partial charge in [-0.25, -0.2) is 0 Å². The van der Waals surface area contributed by atoms with Crippen LogP contribution in [0.15, 0.2) is 12.4 Å². The van der Waals surface area contributed by atoms with Crippen molar-refractivity contribution >= 4 is 5.78 Å². The standard InChI is InChI=1S/C12H18N2O3/c1-3-5-16-12-10(15)6-11(12)17-9-7-13-14(4-2)8-9/h7-8,11-12H,3-6H2,1-2H3. The van der Waals surface area contributed by atoms with E-state index < -0.39 is 0 Å². The van der Waals surface area contributed by atoms with Crippen molar-refractivity contribution in [2.75, 3.05) is 6.61 Å². The molecule has 0 N–H and O–H groups in total. The Hall–Kier alpha value is -1.36. The number of aromatic nitrogens is 2. The second kappa shape index (κ2) is 5.31. The van der Waals surface area contributed by atoms with Gasteiger partial charge >= 0.3 is 0 Å². The Bertz CT molecular complexity index is 389. The number of hydrogen-bond acceptors (Lipinski definition) is 4. The van der Waals surface area contributed by atoms with E-state index in [9.17, 15) is 4.79 Å². The highest BCUT2D eigenvalue weighted by atomic mass is 16.5. The number of hydrogen-bond donors (Lipinski definition) is 0. The number of aryl methyl sites for hydroxylation is 1. The summed E-state index contributed by atoms with van der Waals surface area (Å²) in [5.41, 5.74) is 0. The summed E-state index contributed by atoms with van der Waals surface area (Å²) in [7, 11) is 0. The van der Waals surface area contributed by atoms with Crippen molar-refractivity contribution in [3.8, 4) is 5.75 Å². The number of rotatable bonds is 6. The van der Waals surface area contributed by atoms with E-state index in [4.69, 9.17) is 9.47 Å². The average molecular weight is 238 g/mol. The van der Waals surface area contributed by atoms with E-state index >= 15 is 0 Å². The van der Waals surface area contributed by atoms with Crippen molar-refractivity contribution in [1.29, 1.82) is 0 Å². The molecule has 94 valence electrons. The van der Waals surface area contributed by atoms with Crippen molar-refractivity contribution in [2.24, 2.45) is 0 Å². The second-order valence-corrected chi connectivity index (χ2v) is 4.15. The summed E-state index contributed by atoms with van der Waals surface area (Å²) < 4.78 is 12.9. The van der Waals surface area contributed by atoms with Crippen LogP contribution in [0.25, 0.3) is 0 Å². The van der Waals surface area contributed by atoms with Crippen molar-refractivity contribution < 1.29 is 14.3 Å². The molecule has 0 saturated heterocycles. The predicted molar refractivity (Wildman–Crippen MR) is 62.0 cm³/mol. The lowest BCUT2D eigenvalue weighted by Crippen LogP contribution is -2.52. The van der Waals surface area contributed by atoms with E-state index in [0.717, 1.165) is 13.0 Å². The molecule has 0 aromatic carbocycles. The minimum absolute atomic E-state index is 0.131. The molecule has 1 aliphatic rings. The average Bonchev–Trinajstić information content (AvgIpc) is 2.77. The third-order valence-electron chi connectivity index (χ3n) is 2.78. The summed E-state index contributed by atoms with van der Waals surface area (Å²) in [6, 6.07) is 0. The third-order valence-corrected chi connectivity index (χ3v) is 2.78. The molecule has 17 heavy (non-hydrogen) atoms. The molecule has 0 aliphatic heterocycles. The molecular weight excluding hydrogens is 220 g/mol. The topological polar surface area (TPSA) is 53.4 Å². The van der Waals surface area contributed by atoms with Gasteiger partial charge in [0.2, 0.25) is 0 Å². The molecule has 5 heteroatoms. The van der Waals surface area contributed by atoms with Crippen LogP contribution in [0.4, 0.5) is 0 Å². The van der Waals surface area contributed by atoms with Crippen LogP contribution < -0.4 is 4.74 Å². The molecule has 1 fully saturated rings. The van der Waals surface area contributed by atoms with E-state index in [1.54, 1.807) is 10.9 Å². The summed E-state index contributed by atoms with van der Waals surface area (Å²) in [4.78, 5) is 11.4. The quantitative estimate of drug-likeness (QED) is 0.752. The highest BCUT2D eigenvalue weighted by molar-refractivity contribution is 5.90. The molecule has 0 radical (unpaired) electrons. The molecule has 1 aromatic heterocycles. The van der Waals surface area contributed by atoms with Gasteiger partial charge in [0.25, 0.3) is 0 Å². The largest absolute Gasteiger partial charge is 0.483 e. The Labute approximate surface area is 101 Å². The number of Topliss-reactive ketones (excluding diaryl/α,β-unsaturated/α-hetero) is 1. The first-order chi connectivity index (χ1) is 8.24. The van der Waals surface area contributed by atoms with E-state index in [2.05, 4.69) is 5.10 Å². The summed E-state index contributed by atoms with van der Waals surface area (Å²) in [5.74, 6) is 0.834. The first-order valence-corrected chi connectivity index (χ1v) is 6.08. The van der Waals surface area contributed by atoms with Crippen LogP contribution in [0.5, 0.6) is 5.75 Å². The number of nitrogens with zero attached hydrogens (tertiary/aromatic N) is 2. The molecule has 1 saturated carbocycles. The van der Waals surface area contributed by atoms with Gasteiger partial charge in [-0.15, -0.1) is 0 Å². The van der Waals surface area contributed by atoms with Crippen LogP contribution in [0.2, 0.25) is 0 Å². The van der Waals surface area contributed by atoms with Crippen molar-refractivity contribution in [2.45, 2.75) is 45.4 Å². The minimum Gasteiger partial charge on any atom is -0.483 e. The number of carbonyl (C=O) groups excluding carboxylic acids is 1. The number of carbonyl (C=O) groups is 1. The highest BCUT2D eigenvalue weighted by Crippen LogP contribution is 2.25. The van der Waals surface area contributed by atoms with Crippen molar-refractivity contribution in [1.82, 2.24) is 9.78 Å². The lowest BCUT2D eigenvalue weighted by molar-refractivity contribution is -0.154. The van der Waals surface area contributed by atoms with E-state index in [0.29, 0.717) is 18.8 Å². The van der Waals surface area contributed by atoms with Gasteiger partial charge < -0.3 is 9.47 Å². The van der Waals surface area contributed by atoms with Gasteiger partial charge in [0.05, 0.1) is 12.4 Å². The highest BCUT2D eigenvalue weighted by Gasteiger charge is 2.42. The Kier molecular flexibility index (Phi) is 3.78. The van der Waals surface area contributed by atoms with E-state index in [1.165, 1.54) is 0 Å². The first kappa shape index (κ1) is 12.1. The van der Waals surface area contributed by atoms with Crippen LogP contribution >= 0.6 is 0 Å². The fourth-order valence-corrected chi connectivity index (χ4v) is 1.77. The molecular formula is C12H18N2O3. The van der Waals surface area contributed by atoms with Crippen molar-refractivity contribution in [3.05, 3.63) is 12.4 Å². The zero-order valence-electron chi connectivity index (χ0n) is 10.3. The van der Waals surface area contributed by atoms with Crippen LogP contribution in [0, 0.1) is 0 Å². The number of ether oxygens (including phenoxy) is 2. The lowest BCUT2D eigenvalue weighted by atomic mass is 9.90. The normalized spacial score (nSPS) is 23.5. The van der Waals surface area contributed by atoms with Gasteiger partial charge in [0.15, 0.2) is 17.6 Å². The molecule has 1 aliphatic carbocycles. The molecule has 1 heterocycles. The van der Waals surface area contributed by atoms with Gasteiger partial charge in [-0.05, 0) is 13.3 Å². The van der Waals surface area contributed by atoms with Crippen molar-refractivity contribution in [3.63, 3.8) is 0 Å². The Morgan fingerprint density at radius 2 is 2.35 bits per heavy atom. The van der Waals surface area contributed by atoms with Crippen LogP contribution in [0.3, 0.4) is 0 Å². The summed E-state index contributed by atoms with van der Waals surface area (Å²) in [6.45, 7) is 5.44. The summed E-state index contributed by atoms with van der Waals surface area (Å²) in [5, 5.41) is 4.12. The molecule has 0 spiro atoms. The molecule has 0 amide bonds. The molecule has 2 unspecified atom stereocenters. The van der Waals surface area contributed by atoms with Gasteiger partial charge in [-0.1, -0.05) is 6.92 Å². The van der Waals surface area contributed by atoms with Crippen LogP contribution in [0.1, 0.15) is 26.7 Å². The predicted octanol–water partition coefficient (Wildman–Crippen LogP) is 1.42. The monoisotopic (exact) mass is 238 g/mol. The lowest BCUT2D eigenvalue weighted by Gasteiger charge is -2.34. The second-order valence-electron chi connectivity index (χ2n) is 4.15. The van der Waals surface area contributed by atoms with Gasteiger partial charge in [-0.2, -0.15) is 5.10 Å². The maximum atomic E-state index is 11.4. The Balaban J connectivity index is 1.88. The van der Waals surface area contributed by atoms with Gasteiger partial charge in [0, 0.05) is 19.6 Å². The third kappa shape index (κ3) is 2.66. The first-order valence-electron chi connectivity index (χ1n) is 6.08. The van der Waals surface area contributed by atoms with Crippen LogP contribution in [-0.2, 0) is 16.1 Å². The van der Waals surface area contributed by atoms with Crippen LogP contribution in [-0.4, -0.2) is 34.4 Å². The van der Waals surface area contributed by atoms with E-state index in [-0.39, 0.29) is 18.0 Å². The summed E-state index contributed by atoms with van der Waals surface area (Å²) >= 11 is 0. The fraction of sp³-hybridized carbons (Fsp3) is 0.667. The SMILES string of the molecule is CCCOC1C(=O)CC1Oc1cnn(CC)c1. The molecule has 2 atom stereocenters. The zero-order valence-corrected chi connectivity index (χ0v) is 10.3. The smallest absolute Gasteiger partial charge is 0.169 e. The van der Waals surface area contributed by atoms with Gasteiger partial charge in [0.1, 0.15) is 6.10 Å².